The molecule has 0 heterocycles. The van der Waals surface area contributed by atoms with Crippen LogP contribution in [0.5, 0.6) is 0 Å². The molecular formula is C8H11FSi. The van der Waals surface area contributed by atoms with Gasteiger partial charge in [-0.3, -0.25) is 0 Å². The van der Waals surface area contributed by atoms with Gasteiger partial charge in [-0.2, -0.15) is 0 Å². The predicted molar refractivity (Wildman–Crippen MR) is 45.4 cm³/mol. The number of rotatable bonds is 0. The minimum Gasteiger partial charge on any atom is -0.207 e. The Morgan fingerprint density at radius 2 is 1.90 bits per heavy atom. The molecule has 0 aromatic heterocycles. The van der Waals surface area contributed by atoms with Gasteiger partial charge in [0.25, 0.3) is 0 Å². The highest BCUT2D eigenvalue weighted by molar-refractivity contribution is 6.32. The summed E-state index contributed by atoms with van der Waals surface area (Å²) in [7, 11) is 0.798. The van der Waals surface area contributed by atoms with Crippen LogP contribution >= 0.6 is 0 Å². The first-order valence-electron chi connectivity index (χ1n) is 3.34. The van der Waals surface area contributed by atoms with Crippen LogP contribution in [0.25, 0.3) is 0 Å². The van der Waals surface area contributed by atoms with E-state index in [0.29, 0.717) is 0 Å². The van der Waals surface area contributed by atoms with E-state index in [-0.39, 0.29) is 5.82 Å². The van der Waals surface area contributed by atoms with Crippen LogP contribution in [0.4, 0.5) is 4.39 Å². The first-order valence-corrected chi connectivity index (χ1v) is 4.34. The fourth-order valence-corrected chi connectivity index (χ4v) is 2.01. The Morgan fingerprint density at radius 3 is 2.40 bits per heavy atom. The van der Waals surface area contributed by atoms with Crippen molar-refractivity contribution in [2.75, 3.05) is 0 Å². The second-order valence-corrected chi connectivity index (χ2v) is 3.79. The summed E-state index contributed by atoms with van der Waals surface area (Å²) in [6.45, 7) is 3.80. The minimum atomic E-state index is -0.0164. The highest BCUT2D eigenvalue weighted by Crippen LogP contribution is 2.04. The third kappa shape index (κ3) is 1.26. The molecule has 0 amide bonds. The van der Waals surface area contributed by atoms with Crippen molar-refractivity contribution in [1.29, 1.82) is 0 Å². The van der Waals surface area contributed by atoms with E-state index in [4.69, 9.17) is 0 Å². The minimum absolute atomic E-state index is 0.0164. The molecule has 0 nitrogen and oxygen atoms in total. The zero-order valence-electron chi connectivity index (χ0n) is 6.53. The molecule has 0 aliphatic heterocycles. The zero-order chi connectivity index (χ0) is 7.72. The average molecular weight is 154 g/mol. The maximum absolute atomic E-state index is 12.9. The SMILES string of the molecule is Cc1cc(C)c(F)c([SiH3])c1. The molecule has 10 heavy (non-hydrogen) atoms. The van der Waals surface area contributed by atoms with Crippen molar-refractivity contribution in [2.24, 2.45) is 0 Å². The number of hydrogen-bond donors (Lipinski definition) is 0. The van der Waals surface area contributed by atoms with Gasteiger partial charge in [-0.25, -0.2) is 4.39 Å². The van der Waals surface area contributed by atoms with Gasteiger partial charge in [-0.05, 0) is 24.6 Å². The summed E-state index contributed by atoms with van der Waals surface area (Å²) in [6, 6.07) is 3.78. The van der Waals surface area contributed by atoms with Gasteiger partial charge in [0.2, 0.25) is 0 Å². The normalized spacial score (nSPS) is 10.3. The van der Waals surface area contributed by atoms with Gasteiger partial charge < -0.3 is 0 Å². The first-order chi connectivity index (χ1) is 4.61. The van der Waals surface area contributed by atoms with Crippen LogP contribution in [-0.2, 0) is 0 Å². The Hall–Kier alpha value is -0.633. The van der Waals surface area contributed by atoms with Gasteiger partial charge in [-0.15, -0.1) is 0 Å². The second-order valence-electron chi connectivity index (χ2n) is 2.71. The van der Waals surface area contributed by atoms with Crippen LogP contribution in [0.3, 0.4) is 0 Å². The molecule has 1 rings (SSSR count). The standard InChI is InChI=1S/C8H11FSi/c1-5-3-6(2)8(9)7(10)4-5/h3-4H,1-2,10H3. The van der Waals surface area contributed by atoms with Gasteiger partial charge in [0.05, 0.1) is 0 Å². The summed E-state index contributed by atoms with van der Waals surface area (Å²) in [6.07, 6.45) is 0. The van der Waals surface area contributed by atoms with Gasteiger partial charge in [0.1, 0.15) is 5.82 Å². The highest BCUT2D eigenvalue weighted by Gasteiger charge is 1.99. The maximum atomic E-state index is 12.9. The molecule has 0 aliphatic rings. The van der Waals surface area contributed by atoms with Crippen molar-refractivity contribution in [3.05, 3.63) is 29.1 Å². The summed E-state index contributed by atoms with van der Waals surface area (Å²) in [5.41, 5.74) is 1.92. The molecule has 0 spiro atoms. The smallest absolute Gasteiger partial charge is 0.124 e. The molecular weight excluding hydrogens is 143 g/mol. The maximum Gasteiger partial charge on any atom is 0.124 e. The van der Waals surface area contributed by atoms with E-state index in [1.165, 1.54) is 0 Å². The Kier molecular flexibility index (Phi) is 1.90. The van der Waals surface area contributed by atoms with Crippen LogP contribution in [0.15, 0.2) is 12.1 Å². The van der Waals surface area contributed by atoms with E-state index < -0.39 is 0 Å². The molecule has 0 bridgehead atoms. The third-order valence-electron chi connectivity index (χ3n) is 1.58. The molecule has 0 atom stereocenters. The molecule has 0 saturated carbocycles. The molecule has 0 saturated heterocycles. The number of aryl methyl sites for hydroxylation is 2. The Morgan fingerprint density at radius 1 is 1.30 bits per heavy atom. The molecule has 0 fully saturated rings. The average Bonchev–Trinajstić information content (AvgIpc) is 1.82. The van der Waals surface area contributed by atoms with E-state index in [0.717, 1.165) is 26.6 Å². The van der Waals surface area contributed by atoms with E-state index in [1.807, 2.05) is 26.0 Å². The lowest BCUT2D eigenvalue weighted by Crippen LogP contribution is -2.10. The molecule has 1 aromatic rings. The summed E-state index contributed by atoms with van der Waals surface area (Å²) in [5.74, 6) is -0.0164. The molecule has 0 aliphatic carbocycles. The lowest BCUT2D eigenvalue weighted by atomic mass is 10.1. The topological polar surface area (TPSA) is 0 Å². The van der Waals surface area contributed by atoms with Crippen molar-refractivity contribution in [2.45, 2.75) is 13.8 Å². The quantitative estimate of drug-likeness (QED) is 0.475. The van der Waals surface area contributed by atoms with Crippen molar-refractivity contribution in [3.8, 4) is 0 Å². The zero-order valence-corrected chi connectivity index (χ0v) is 8.53. The molecule has 54 valence electrons. The molecule has 0 unspecified atom stereocenters. The third-order valence-corrected chi connectivity index (χ3v) is 2.31. The van der Waals surface area contributed by atoms with Crippen LogP contribution in [0.1, 0.15) is 11.1 Å². The predicted octanol–water partition coefficient (Wildman–Crippen LogP) is 0.433. The van der Waals surface area contributed by atoms with Gasteiger partial charge >= 0.3 is 0 Å². The first kappa shape index (κ1) is 7.47. The molecule has 0 radical (unpaired) electrons. The molecule has 0 N–H and O–H groups in total. The van der Waals surface area contributed by atoms with E-state index in [9.17, 15) is 4.39 Å². The summed E-state index contributed by atoms with van der Waals surface area (Å²) in [5, 5.41) is 0.873. The van der Waals surface area contributed by atoms with E-state index in [2.05, 4.69) is 0 Å². The van der Waals surface area contributed by atoms with Gasteiger partial charge in [0, 0.05) is 10.2 Å². The molecule has 1 aromatic carbocycles. The monoisotopic (exact) mass is 154 g/mol. The van der Waals surface area contributed by atoms with Crippen molar-refractivity contribution in [3.63, 3.8) is 0 Å². The highest BCUT2D eigenvalue weighted by atomic mass is 28.1. The van der Waals surface area contributed by atoms with E-state index >= 15 is 0 Å². The lowest BCUT2D eigenvalue weighted by Gasteiger charge is -2.01. The second kappa shape index (κ2) is 2.54. The van der Waals surface area contributed by atoms with E-state index in [1.54, 1.807) is 0 Å². The lowest BCUT2D eigenvalue weighted by molar-refractivity contribution is 0.626. The number of benzene rings is 1. The van der Waals surface area contributed by atoms with Crippen molar-refractivity contribution >= 4 is 15.4 Å². The van der Waals surface area contributed by atoms with Gasteiger partial charge in [-0.1, -0.05) is 17.7 Å². The summed E-state index contributed by atoms with van der Waals surface area (Å²) >= 11 is 0. The number of hydrogen-bond acceptors (Lipinski definition) is 0. The fourth-order valence-electron chi connectivity index (χ4n) is 1.16. The number of halogens is 1. The Bertz CT molecular complexity index is 232. The van der Waals surface area contributed by atoms with Crippen LogP contribution in [-0.4, -0.2) is 10.2 Å². The summed E-state index contributed by atoms with van der Waals surface area (Å²) < 4.78 is 12.9. The molecule has 2 heteroatoms. The van der Waals surface area contributed by atoms with Crippen LogP contribution in [0, 0.1) is 19.7 Å². The fraction of sp³-hybridized carbons (Fsp3) is 0.250. The van der Waals surface area contributed by atoms with Crippen molar-refractivity contribution in [1.82, 2.24) is 0 Å². The van der Waals surface area contributed by atoms with Crippen LogP contribution < -0.4 is 5.19 Å². The largest absolute Gasteiger partial charge is 0.207 e. The van der Waals surface area contributed by atoms with Gasteiger partial charge in [0.15, 0.2) is 0 Å². The van der Waals surface area contributed by atoms with Crippen LogP contribution in [0.2, 0.25) is 0 Å². The Balaban J connectivity index is 3.31. The van der Waals surface area contributed by atoms with Crippen molar-refractivity contribution < 1.29 is 4.39 Å². The Labute approximate surface area is 63.5 Å². The summed E-state index contributed by atoms with van der Waals surface area (Å²) in [4.78, 5) is 0.